The molecule has 7 aliphatic carbocycles. The molecule has 0 fully saturated rings. The second-order valence-corrected chi connectivity index (χ2v) is 18.5. The molecule has 7 aliphatic rings. The molecule has 0 N–H and O–H groups in total. The predicted octanol–water partition coefficient (Wildman–Crippen LogP) is 10.1. The summed E-state index contributed by atoms with van der Waals surface area (Å²) in [5.74, 6) is 1.90. The summed E-state index contributed by atoms with van der Waals surface area (Å²) >= 11 is 0. The largest absolute Gasteiger partial charge is 0.289 e. The first-order chi connectivity index (χ1) is 25.6. The third kappa shape index (κ3) is 1.86. The van der Waals surface area contributed by atoms with Crippen LogP contribution in [0.1, 0.15) is 63.0 Å². The van der Waals surface area contributed by atoms with Gasteiger partial charge < -0.3 is 0 Å². The van der Waals surface area contributed by atoms with Crippen molar-refractivity contribution in [3.63, 3.8) is 0 Å². The van der Waals surface area contributed by atoms with Gasteiger partial charge in [-0.25, -0.2) is 0 Å². The molecule has 0 radical (unpaired) electrons. The maximum atomic E-state index is 14.5. The van der Waals surface area contributed by atoms with E-state index in [-0.39, 0.29) is 17.1 Å². The van der Waals surface area contributed by atoms with E-state index in [0.717, 1.165) is 36.8 Å². The lowest BCUT2D eigenvalue weighted by molar-refractivity contribution is 0.101. The first-order valence-corrected chi connectivity index (χ1v) is 19.7. The highest BCUT2D eigenvalue weighted by molar-refractivity contribution is 6.59. The zero-order valence-electron chi connectivity index (χ0n) is 28.4. The van der Waals surface area contributed by atoms with Crippen LogP contribution in [0.2, 0.25) is 0 Å². The van der Waals surface area contributed by atoms with Crippen LogP contribution in [0.3, 0.4) is 0 Å². The monoisotopic (exact) mass is 654 g/mol. The number of benzene rings is 7. The highest BCUT2D eigenvalue weighted by atomic mass is 16.1. The first-order valence-electron chi connectivity index (χ1n) is 19.7. The van der Waals surface area contributed by atoms with Crippen molar-refractivity contribution in [1.29, 1.82) is 0 Å². The number of hydrogen-bond donors (Lipinski definition) is 0. The number of Topliss-reactive ketones (excluding diaryl/α,β-unsaturated/α-hetero) is 1. The van der Waals surface area contributed by atoms with Crippen molar-refractivity contribution in [2.24, 2.45) is 17.8 Å². The average molecular weight is 655 g/mol. The van der Waals surface area contributed by atoms with E-state index >= 15 is 0 Å². The molecule has 0 aromatic heterocycles. The molecule has 0 bridgehead atoms. The van der Waals surface area contributed by atoms with E-state index in [2.05, 4.69) is 43.3 Å². The van der Waals surface area contributed by atoms with Crippen LogP contribution < -0.4 is 10.4 Å². The van der Waals surface area contributed by atoms with Crippen molar-refractivity contribution in [3.05, 3.63) is 116 Å². The molecule has 1 heteroatoms. The topological polar surface area (TPSA) is 17.1 Å². The fraction of sp³-hybridized carbons (Fsp3) is 0.196. The number of fused-ring (bicyclic) bond motifs is 1. The predicted molar refractivity (Wildman–Crippen MR) is 212 cm³/mol. The minimum atomic E-state index is -0.104. The SMILES string of the molecule is CC1C=C(C(=O)c2ccccc2)CC23Cc4cc5c6c7c8c9c%10c%11c(cc%12cc%13cc%14c%15c%16c(c%17c2c4c6c8c%17c%16c9c(c%13%15)c%12%10)=C(C%14)C13)=CC(C5)C%117. The number of rotatable bonds is 2. The van der Waals surface area contributed by atoms with Crippen molar-refractivity contribution >= 4 is 114 Å². The lowest BCUT2D eigenvalue weighted by Crippen LogP contribution is -2.47. The second-order valence-electron chi connectivity index (χ2n) is 18.5. The molecule has 0 heterocycles. The standard InChI is InChI=1S/C51H26O/c1-17-7-26(50(52)18-5-3-2-4-6-18)16-51-15-25-13-23-11-20-8-19-9-22-10-21-12-24-14-27(48(17)51)35-40-31(24)30(21)37-32(22)36-28(19)29(20)38-33(23)39-34(25)49(51)47(35)46-44(39)42(38)41(36)43(37)45(40)46/h2-10,12-13,17,20,29,48H,11,14-16H2,1H3. The minimum Gasteiger partial charge on any atom is -0.289 e. The van der Waals surface area contributed by atoms with Gasteiger partial charge >= 0.3 is 0 Å². The zero-order chi connectivity index (χ0) is 32.7. The number of ketones is 1. The van der Waals surface area contributed by atoms with Gasteiger partial charge in [-0.1, -0.05) is 67.1 Å². The Morgan fingerprint density at radius 3 is 2.31 bits per heavy atom. The quantitative estimate of drug-likeness (QED) is 0.134. The summed E-state index contributed by atoms with van der Waals surface area (Å²) in [6, 6.07) is 20.6. The highest BCUT2D eigenvalue weighted by Gasteiger charge is 2.57. The van der Waals surface area contributed by atoms with Gasteiger partial charge in [0.2, 0.25) is 0 Å². The number of carbonyl (C=O) groups excluding carboxylic acids is 1. The number of allylic oxidation sites excluding steroid dienone is 2. The number of hydrogen-bond acceptors (Lipinski definition) is 1. The zero-order valence-corrected chi connectivity index (χ0v) is 28.4. The molecule has 18 rings (SSSR count). The maximum absolute atomic E-state index is 14.5. The molecule has 0 aliphatic heterocycles. The van der Waals surface area contributed by atoms with Crippen molar-refractivity contribution in [1.82, 2.24) is 0 Å². The van der Waals surface area contributed by atoms with Crippen LogP contribution >= 0.6 is 0 Å². The van der Waals surface area contributed by atoms with Crippen molar-refractivity contribution in [3.8, 4) is 0 Å². The molecule has 0 saturated heterocycles. The Balaban J connectivity index is 1.17. The average Bonchev–Trinajstić information content (AvgIpc) is 3.98. The third-order valence-corrected chi connectivity index (χ3v) is 16.9. The van der Waals surface area contributed by atoms with Gasteiger partial charge in [0.05, 0.1) is 0 Å². The Kier molecular flexibility index (Phi) is 2.99. The second kappa shape index (κ2) is 6.52. The molecular weight excluding hydrogens is 629 g/mol. The Labute approximate surface area is 295 Å². The fourth-order valence-corrected chi connectivity index (χ4v) is 16.1. The molecular formula is C51H26O. The van der Waals surface area contributed by atoms with Gasteiger partial charge in [0.25, 0.3) is 0 Å². The molecule has 11 aromatic carbocycles. The van der Waals surface area contributed by atoms with Crippen LogP contribution in [-0.2, 0) is 24.7 Å². The van der Waals surface area contributed by atoms with Gasteiger partial charge in [-0.15, -0.1) is 0 Å². The summed E-state index contributed by atoms with van der Waals surface area (Å²) in [5.41, 5.74) is 13.2. The van der Waals surface area contributed by atoms with E-state index in [4.69, 9.17) is 0 Å². The Bertz CT molecular complexity index is 3890. The van der Waals surface area contributed by atoms with Gasteiger partial charge in [-0.05, 0) is 202 Å². The lowest BCUT2D eigenvalue weighted by Gasteiger charge is -2.49. The van der Waals surface area contributed by atoms with E-state index in [0.29, 0.717) is 17.8 Å². The van der Waals surface area contributed by atoms with E-state index in [1.165, 1.54) is 16.0 Å². The van der Waals surface area contributed by atoms with E-state index in [9.17, 15) is 4.79 Å². The van der Waals surface area contributed by atoms with Crippen LogP contribution in [-0.4, -0.2) is 5.78 Å². The van der Waals surface area contributed by atoms with Crippen LogP contribution in [0.15, 0.2) is 66.2 Å². The van der Waals surface area contributed by atoms with Gasteiger partial charge in [0.15, 0.2) is 5.78 Å². The molecule has 1 spiro atoms. The summed E-state index contributed by atoms with van der Waals surface area (Å²) in [5, 5.41) is 31.7. The molecule has 236 valence electrons. The first kappa shape index (κ1) is 23.8. The van der Waals surface area contributed by atoms with Crippen molar-refractivity contribution in [2.75, 3.05) is 0 Å². The summed E-state index contributed by atoms with van der Waals surface area (Å²) in [7, 11) is 0. The van der Waals surface area contributed by atoms with E-state index in [1.54, 1.807) is 130 Å². The molecule has 5 unspecified atom stereocenters. The van der Waals surface area contributed by atoms with Gasteiger partial charge in [0, 0.05) is 16.9 Å². The molecule has 11 aromatic rings. The van der Waals surface area contributed by atoms with Gasteiger partial charge in [-0.3, -0.25) is 4.79 Å². The van der Waals surface area contributed by atoms with Crippen LogP contribution in [0.4, 0.5) is 0 Å². The summed E-state index contributed by atoms with van der Waals surface area (Å²) < 4.78 is 0. The normalized spacial score (nSPS) is 27.0. The molecule has 5 atom stereocenters. The Morgan fingerprint density at radius 1 is 0.635 bits per heavy atom. The highest BCUT2D eigenvalue weighted by Crippen LogP contribution is 2.70. The molecule has 0 saturated carbocycles. The summed E-state index contributed by atoms with van der Waals surface area (Å²) in [6.07, 6.45) is 9.18. The summed E-state index contributed by atoms with van der Waals surface area (Å²) in [4.78, 5) is 14.5. The van der Waals surface area contributed by atoms with Gasteiger partial charge in [0.1, 0.15) is 0 Å². The van der Waals surface area contributed by atoms with Gasteiger partial charge in [-0.2, -0.15) is 0 Å². The number of carbonyl (C=O) groups is 1. The maximum Gasteiger partial charge on any atom is 0.188 e. The lowest BCUT2D eigenvalue weighted by atomic mass is 9.53. The third-order valence-electron chi connectivity index (χ3n) is 16.9. The Morgan fingerprint density at radius 2 is 1.38 bits per heavy atom. The smallest absolute Gasteiger partial charge is 0.188 e. The van der Waals surface area contributed by atoms with Crippen LogP contribution in [0.5, 0.6) is 0 Å². The van der Waals surface area contributed by atoms with E-state index < -0.39 is 0 Å². The summed E-state index contributed by atoms with van der Waals surface area (Å²) in [6.45, 7) is 2.46. The Hall–Kier alpha value is -5.53. The van der Waals surface area contributed by atoms with Crippen LogP contribution in [0, 0.1) is 17.8 Å². The molecule has 1 nitrogen and oxygen atoms in total. The van der Waals surface area contributed by atoms with Crippen LogP contribution in [0.25, 0.3) is 109 Å². The fourth-order valence-electron chi connectivity index (χ4n) is 16.1. The van der Waals surface area contributed by atoms with E-state index in [1.807, 2.05) is 30.3 Å². The molecule has 0 amide bonds. The molecule has 52 heavy (non-hydrogen) atoms. The van der Waals surface area contributed by atoms with Crippen molar-refractivity contribution in [2.45, 2.75) is 43.9 Å². The van der Waals surface area contributed by atoms with Crippen molar-refractivity contribution < 1.29 is 4.79 Å². The minimum absolute atomic E-state index is 0.104.